The zero-order valence-electron chi connectivity index (χ0n) is 18.1. The molecule has 0 aliphatic carbocycles. The average Bonchev–Trinajstić information content (AvgIpc) is 3.29. The molecule has 0 bridgehead atoms. The van der Waals surface area contributed by atoms with E-state index in [-0.39, 0.29) is 28.8 Å². The van der Waals surface area contributed by atoms with Crippen LogP contribution in [0.5, 0.6) is 5.75 Å². The number of benzene rings is 2. The van der Waals surface area contributed by atoms with Crippen LogP contribution in [0.2, 0.25) is 0 Å². The van der Waals surface area contributed by atoms with E-state index in [4.69, 9.17) is 0 Å². The first kappa shape index (κ1) is 24.3. The highest BCUT2D eigenvalue weighted by atomic mass is 19.4. The third kappa shape index (κ3) is 4.99. The van der Waals surface area contributed by atoms with Crippen molar-refractivity contribution in [2.24, 2.45) is 0 Å². The molecule has 0 radical (unpaired) electrons. The summed E-state index contributed by atoms with van der Waals surface area (Å²) in [5.74, 6) is -2.02. The molecule has 0 amide bonds. The zero-order chi connectivity index (χ0) is 25.4. The topological polar surface area (TPSA) is 95.1 Å². The lowest BCUT2D eigenvalue weighted by molar-refractivity contribution is -0.153. The zero-order valence-corrected chi connectivity index (χ0v) is 18.1. The van der Waals surface area contributed by atoms with Gasteiger partial charge >= 0.3 is 6.18 Å². The van der Waals surface area contributed by atoms with Crippen LogP contribution in [0.1, 0.15) is 18.5 Å². The average molecular weight is 495 g/mol. The Labute approximate surface area is 194 Å². The van der Waals surface area contributed by atoms with Crippen LogP contribution >= 0.6 is 0 Å². The van der Waals surface area contributed by atoms with E-state index in [1.165, 1.54) is 42.5 Å². The van der Waals surface area contributed by atoms with Crippen LogP contribution in [0.25, 0.3) is 10.9 Å². The fraction of sp³-hybridized carbons (Fsp3) is 0.273. The quantitative estimate of drug-likeness (QED) is 0.395. The van der Waals surface area contributed by atoms with Gasteiger partial charge in [0.25, 0.3) is 5.56 Å². The van der Waals surface area contributed by atoms with Crippen LogP contribution in [0.3, 0.4) is 0 Å². The van der Waals surface area contributed by atoms with Gasteiger partial charge in [-0.2, -0.15) is 18.3 Å². The Morgan fingerprint density at radius 1 is 1.11 bits per heavy atom. The van der Waals surface area contributed by atoms with Gasteiger partial charge < -0.3 is 9.84 Å². The molecule has 2 atom stereocenters. The van der Waals surface area contributed by atoms with E-state index in [0.717, 1.165) is 23.0 Å². The van der Waals surface area contributed by atoms with Crippen LogP contribution in [-0.2, 0) is 12.1 Å². The van der Waals surface area contributed by atoms with Gasteiger partial charge in [-0.15, -0.1) is 0 Å². The molecule has 35 heavy (non-hydrogen) atoms. The Bertz CT molecular complexity index is 1410. The largest absolute Gasteiger partial charge is 0.484 e. The standard InChI is InChI=1S/C22H18F5N5O3/c1-13(21(34,8-31-11-28-10-30-31)17-5-2-14(23)6-18(17)24)32-12-29-19-7-15(35-9-22(25,26)27)3-4-16(19)20(32)33/h2-7,10-13,34H,8-9H2,1H3/t13-,21-/m1/s1. The molecule has 13 heteroatoms. The summed E-state index contributed by atoms with van der Waals surface area (Å²) in [5.41, 5.74) is -2.99. The van der Waals surface area contributed by atoms with Crippen LogP contribution in [0.15, 0.2) is 60.2 Å². The summed E-state index contributed by atoms with van der Waals surface area (Å²) in [4.78, 5) is 21.1. The molecule has 0 aliphatic rings. The summed E-state index contributed by atoms with van der Waals surface area (Å²) in [5, 5.41) is 15.6. The number of rotatable bonds is 7. The molecular formula is C22H18F5N5O3. The maximum atomic E-state index is 14.8. The number of nitrogens with zero attached hydrogens (tertiary/aromatic N) is 5. The molecule has 8 nitrogen and oxygen atoms in total. The second kappa shape index (κ2) is 9.06. The van der Waals surface area contributed by atoms with Crippen LogP contribution in [-0.4, -0.2) is 42.2 Å². The van der Waals surface area contributed by atoms with Gasteiger partial charge in [0, 0.05) is 17.7 Å². The molecule has 2 heterocycles. The smallest absolute Gasteiger partial charge is 0.422 e. The normalized spacial score (nSPS) is 14.6. The lowest BCUT2D eigenvalue weighted by Crippen LogP contribution is -2.43. The van der Waals surface area contributed by atoms with E-state index < -0.39 is 41.6 Å². The van der Waals surface area contributed by atoms with E-state index in [2.05, 4.69) is 19.8 Å². The minimum Gasteiger partial charge on any atom is -0.484 e. The summed E-state index contributed by atoms with van der Waals surface area (Å²) < 4.78 is 72.5. The Morgan fingerprint density at radius 2 is 1.89 bits per heavy atom. The van der Waals surface area contributed by atoms with E-state index >= 15 is 0 Å². The molecule has 184 valence electrons. The second-order valence-electron chi connectivity index (χ2n) is 7.86. The third-order valence-corrected chi connectivity index (χ3v) is 5.53. The summed E-state index contributed by atoms with van der Waals surface area (Å²) in [6, 6.07) is 5.11. The lowest BCUT2D eigenvalue weighted by Gasteiger charge is -2.35. The second-order valence-corrected chi connectivity index (χ2v) is 7.86. The van der Waals surface area contributed by atoms with Gasteiger partial charge in [0.15, 0.2) is 6.61 Å². The molecule has 2 aromatic heterocycles. The van der Waals surface area contributed by atoms with Gasteiger partial charge in [-0.3, -0.25) is 9.36 Å². The van der Waals surface area contributed by atoms with Gasteiger partial charge in [-0.1, -0.05) is 6.07 Å². The summed E-state index contributed by atoms with van der Waals surface area (Å²) in [6.07, 6.45) is -0.973. The number of hydrogen-bond acceptors (Lipinski definition) is 6. The fourth-order valence-corrected chi connectivity index (χ4v) is 3.72. The Hall–Kier alpha value is -3.87. The number of aliphatic hydroxyl groups is 1. The highest BCUT2D eigenvalue weighted by molar-refractivity contribution is 5.78. The molecule has 1 N–H and O–H groups in total. The van der Waals surface area contributed by atoms with Gasteiger partial charge in [-0.05, 0) is 25.1 Å². The monoisotopic (exact) mass is 495 g/mol. The molecule has 0 unspecified atom stereocenters. The van der Waals surface area contributed by atoms with Gasteiger partial charge in [0.1, 0.15) is 35.6 Å². The molecule has 4 rings (SSSR count). The van der Waals surface area contributed by atoms with Crippen molar-refractivity contribution in [1.29, 1.82) is 0 Å². The predicted molar refractivity (Wildman–Crippen MR) is 113 cm³/mol. The first-order chi connectivity index (χ1) is 16.5. The number of fused-ring (bicyclic) bond motifs is 1. The van der Waals surface area contributed by atoms with Crippen LogP contribution in [0.4, 0.5) is 22.0 Å². The lowest BCUT2D eigenvalue weighted by atomic mass is 9.86. The minimum absolute atomic E-state index is 0.0291. The summed E-state index contributed by atoms with van der Waals surface area (Å²) >= 11 is 0. The molecule has 0 aliphatic heterocycles. The number of alkyl halides is 3. The number of hydrogen-bond donors (Lipinski definition) is 1. The first-order valence-corrected chi connectivity index (χ1v) is 10.2. The Kier molecular flexibility index (Phi) is 6.28. The third-order valence-electron chi connectivity index (χ3n) is 5.53. The predicted octanol–water partition coefficient (Wildman–Crippen LogP) is 3.36. The highest BCUT2D eigenvalue weighted by Gasteiger charge is 2.41. The van der Waals surface area contributed by atoms with Gasteiger partial charge in [-0.25, -0.2) is 23.4 Å². The molecule has 0 saturated heterocycles. The van der Waals surface area contributed by atoms with Gasteiger partial charge in [0.2, 0.25) is 0 Å². The maximum Gasteiger partial charge on any atom is 0.422 e. The van der Waals surface area contributed by atoms with E-state index in [9.17, 15) is 31.9 Å². The van der Waals surface area contributed by atoms with Crippen molar-refractivity contribution in [3.05, 3.63) is 82.9 Å². The van der Waals surface area contributed by atoms with Gasteiger partial charge in [0.05, 0.1) is 29.8 Å². The molecule has 0 spiro atoms. The van der Waals surface area contributed by atoms with Crippen molar-refractivity contribution in [1.82, 2.24) is 24.3 Å². The SMILES string of the molecule is C[C@@H](n1cnc2cc(OCC(F)(F)F)ccc2c1=O)[C@](O)(Cn1cncn1)c1ccc(F)cc1F. The maximum absolute atomic E-state index is 14.8. The van der Waals surface area contributed by atoms with E-state index in [0.29, 0.717) is 6.07 Å². The van der Waals surface area contributed by atoms with Crippen LogP contribution in [0, 0.1) is 11.6 Å². The van der Waals surface area contributed by atoms with E-state index in [1.54, 1.807) is 0 Å². The molecule has 0 saturated carbocycles. The van der Waals surface area contributed by atoms with Crippen molar-refractivity contribution in [2.75, 3.05) is 6.61 Å². The highest BCUT2D eigenvalue weighted by Crippen LogP contribution is 2.36. The Morgan fingerprint density at radius 3 is 2.54 bits per heavy atom. The van der Waals surface area contributed by atoms with Crippen molar-refractivity contribution in [3.63, 3.8) is 0 Å². The Balaban J connectivity index is 1.76. The minimum atomic E-state index is -4.54. The molecule has 0 fully saturated rings. The molecule has 2 aromatic carbocycles. The van der Waals surface area contributed by atoms with E-state index in [1.807, 2.05) is 0 Å². The van der Waals surface area contributed by atoms with Crippen LogP contribution < -0.4 is 10.3 Å². The number of aromatic nitrogens is 5. The first-order valence-electron chi connectivity index (χ1n) is 10.2. The van der Waals surface area contributed by atoms with Crippen molar-refractivity contribution in [2.45, 2.75) is 31.3 Å². The fourth-order valence-electron chi connectivity index (χ4n) is 3.72. The summed E-state index contributed by atoms with van der Waals surface area (Å²) in [7, 11) is 0. The van der Waals surface area contributed by atoms with Crippen molar-refractivity contribution < 1.29 is 31.8 Å². The van der Waals surface area contributed by atoms with Crippen molar-refractivity contribution in [3.8, 4) is 5.75 Å². The number of halogens is 5. The molecule has 4 aromatic rings. The van der Waals surface area contributed by atoms with Crippen molar-refractivity contribution >= 4 is 10.9 Å². The summed E-state index contributed by atoms with van der Waals surface area (Å²) in [6.45, 7) is -0.411. The number of ether oxygens (including phenoxy) is 1. The molecular weight excluding hydrogens is 477 g/mol.